The SMILES string of the molecule is CCCNCc1cc(F)cc(N(C)C(C)C(C)C)c1. The fraction of sp³-hybridized carbons (Fsp3) is 0.625. The first-order valence-corrected chi connectivity index (χ1v) is 7.18. The van der Waals surface area contributed by atoms with Crippen molar-refractivity contribution in [2.75, 3.05) is 18.5 Å². The summed E-state index contributed by atoms with van der Waals surface area (Å²) in [6.45, 7) is 10.4. The second-order valence-electron chi connectivity index (χ2n) is 5.59. The summed E-state index contributed by atoms with van der Waals surface area (Å²) in [5.41, 5.74) is 1.96. The lowest BCUT2D eigenvalue weighted by Gasteiger charge is -2.30. The minimum Gasteiger partial charge on any atom is -0.372 e. The Kier molecular flexibility index (Phi) is 6.29. The molecule has 1 atom stereocenters. The highest BCUT2D eigenvalue weighted by Gasteiger charge is 2.14. The van der Waals surface area contributed by atoms with Gasteiger partial charge in [-0.25, -0.2) is 4.39 Å². The van der Waals surface area contributed by atoms with Gasteiger partial charge in [-0.15, -0.1) is 0 Å². The molecule has 3 heteroatoms. The second-order valence-corrected chi connectivity index (χ2v) is 5.59. The minimum absolute atomic E-state index is 0.159. The maximum atomic E-state index is 13.7. The third-order valence-electron chi connectivity index (χ3n) is 3.68. The van der Waals surface area contributed by atoms with Crippen LogP contribution in [-0.4, -0.2) is 19.6 Å². The van der Waals surface area contributed by atoms with E-state index in [1.165, 1.54) is 0 Å². The number of hydrogen-bond acceptors (Lipinski definition) is 2. The van der Waals surface area contributed by atoms with E-state index in [0.29, 0.717) is 12.0 Å². The van der Waals surface area contributed by atoms with Crippen molar-refractivity contribution in [1.82, 2.24) is 5.32 Å². The molecule has 2 nitrogen and oxygen atoms in total. The van der Waals surface area contributed by atoms with Gasteiger partial charge in [-0.05, 0) is 49.6 Å². The van der Waals surface area contributed by atoms with Crippen molar-refractivity contribution in [2.24, 2.45) is 5.92 Å². The maximum absolute atomic E-state index is 13.7. The maximum Gasteiger partial charge on any atom is 0.125 e. The standard InChI is InChI=1S/C16H27FN2/c1-6-7-18-11-14-8-15(17)10-16(9-14)19(5)13(4)12(2)3/h8-10,12-13,18H,6-7,11H2,1-5H3. The Labute approximate surface area is 117 Å². The molecule has 0 aliphatic carbocycles. The Morgan fingerprint density at radius 1 is 1.21 bits per heavy atom. The highest BCUT2D eigenvalue weighted by molar-refractivity contribution is 5.49. The van der Waals surface area contributed by atoms with Crippen LogP contribution in [0.1, 0.15) is 39.7 Å². The highest BCUT2D eigenvalue weighted by Crippen LogP contribution is 2.22. The van der Waals surface area contributed by atoms with Crippen molar-refractivity contribution >= 4 is 5.69 Å². The molecule has 19 heavy (non-hydrogen) atoms. The molecular weight excluding hydrogens is 239 g/mol. The van der Waals surface area contributed by atoms with Crippen LogP contribution in [-0.2, 0) is 6.54 Å². The molecule has 0 aliphatic heterocycles. The summed E-state index contributed by atoms with van der Waals surface area (Å²) in [7, 11) is 2.03. The summed E-state index contributed by atoms with van der Waals surface area (Å²) >= 11 is 0. The zero-order valence-corrected chi connectivity index (χ0v) is 12.8. The largest absolute Gasteiger partial charge is 0.372 e. The van der Waals surface area contributed by atoms with Crippen LogP contribution in [0.3, 0.4) is 0 Å². The van der Waals surface area contributed by atoms with E-state index in [9.17, 15) is 4.39 Å². The Bertz CT molecular complexity index is 390. The van der Waals surface area contributed by atoms with E-state index in [-0.39, 0.29) is 5.82 Å². The third kappa shape index (κ3) is 4.83. The van der Waals surface area contributed by atoms with Crippen LogP contribution in [0.15, 0.2) is 18.2 Å². The van der Waals surface area contributed by atoms with Gasteiger partial charge in [0.05, 0.1) is 0 Å². The van der Waals surface area contributed by atoms with Crippen LogP contribution in [0.5, 0.6) is 0 Å². The second kappa shape index (κ2) is 7.49. The van der Waals surface area contributed by atoms with E-state index in [2.05, 4.69) is 44.0 Å². The van der Waals surface area contributed by atoms with Gasteiger partial charge in [0.1, 0.15) is 5.82 Å². The monoisotopic (exact) mass is 266 g/mol. The van der Waals surface area contributed by atoms with Crippen LogP contribution in [0.25, 0.3) is 0 Å². The van der Waals surface area contributed by atoms with Gasteiger partial charge in [0.2, 0.25) is 0 Å². The molecule has 0 aliphatic rings. The van der Waals surface area contributed by atoms with E-state index in [0.717, 1.165) is 30.8 Å². The molecule has 0 spiro atoms. The van der Waals surface area contributed by atoms with Gasteiger partial charge < -0.3 is 10.2 Å². The molecule has 108 valence electrons. The molecule has 1 rings (SSSR count). The summed E-state index contributed by atoms with van der Waals surface area (Å²) in [6, 6.07) is 5.69. The molecule has 0 saturated heterocycles. The van der Waals surface area contributed by atoms with Crippen molar-refractivity contribution in [3.05, 3.63) is 29.6 Å². The lowest BCUT2D eigenvalue weighted by atomic mass is 10.0. The molecule has 0 radical (unpaired) electrons. The Balaban J connectivity index is 2.83. The lowest BCUT2D eigenvalue weighted by molar-refractivity contribution is 0.504. The van der Waals surface area contributed by atoms with Crippen LogP contribution in [0.4, 0.5) is 10.1 Å². The summed E-state index contributed by atoms with van der Waals surface area (Å²) in [5, 5.41) is 3.31. The van der Waals surface area contributed by atoms with E-state index in [1.807, 2.05) is 7.05 Å². The van der Waals surface area contributed by atoms with Crippen molar-refractivity contribution < 1.29 is 4.39 Å². The molecule has 1 aromatic rings. The van der Waals surface area contributed by atoms with Crippen LogP contribution >= 0.6 is 0 Å². The smallest absolute Gasteiger partial charge is 0.125 e. The van der Waals surface area contributed by atoms with E-state index >= 15 is 0 Å². The van der Waals surface area contributed by atoms with Gasteiger partial charge in [-0.3, -0.25) is 0 Å². The van der Waals surface area contributed by atoms with E-state index in [4.69, 9.17) is 0 Å². The molecule has 0 bridgehead atoms. The molecule has 0 saturated carbocycles. The average Bonchev–Trinajstić information content (AvgIpc) is 2.36. The number of rotatable bonds is 7. The fourth-order valence-corrected chi connectivity index (χ4v) is 2.03. The molecule has 0 amide bonds. The topological polar surface area (TPSA) is 15.3 Å². The zero-order chi connectivity index (χ0) is 14.4. The zero-order valence-electron chi connectivity index (χ0n) is 12.8. The fourth-order valence-electron chi connectivity index (χ4n) is 2.03. The number of halogens is 1. The molecule has 1 aromatic carbocycles. The molecule has 0 aromatic heterocycles. The van der Waals surface area contributed by atoms with Crippen molar-refractivity contribution in [3.8, 4) is 0 Å². The average molecular weight is 266 g/mol. The van der Waals surface area contributed by atoms with Gasteiger partial charge in [0, 0.05) is 25.3 Å². The van der Waals surface area contributed by atoms with Gasteiger partial charge >= 0.3 is 0 Å². The molecule has 1 N–H and O–H groups in total. The van der Waals surface area contributed by atoms with Crippen LogP contribution in [0.2, 0.25) is 0 Å². The van der Waals surface area contributed by atoms with Crippen LogP contribution in [0, 0.1) is 11.7 Å². The number of nitrogens with zero attached hydrogens (tertiary/aromatic N) is 1. The van der Waals surface area contributed by atoms with Gasteiger partial charge in [-0.1, -0.05) is 20.8 Å². The number of anilines is 1. The van der Waals surface area contributed by atoms with E-state index in [1.54, 1.807) is 12.1 Å². The van der Waals surface area contributed by atoms with Crippen molar-refractivity contribution in [1.29, 1.82) is 0 Å². The highest BCUT2D eigenvalue weighted by atomic mass is 19.1. The van der Waals surface area contributed by atoms with Gasteiger partial charge in [0.25, 0.3) is 0 Å². The molecular formula is C16H27FN2. The van der Waals surface area contributed by atoms with Gasteiger partial charge in [0.15, 0.2) is 0 Å². The number of benzene rings is 1. The molecule has 0 fully saturated rings. The summed E-state index contributed by atoms with van der Waals surface area (Å²) < 4.78 is 13.7. The van der Waals surface area contributed by atoms with Crippen molar-refractivity contribution in [2.45, 2.75) is 46.7 Å². The number of hydrogen-bond donors (Lipinski definition) is 1. The summed E-state index contributed by atoms with van der Waals surface area (Å²) in [4.78, 5) is 2.15. The first-order chi connectivity index (χ1) is 8.95. The molecule has 1 unspecified atom stereocenters. The summed E-state index contributed by atoms with van der Waals surface area (Å²) in [5.74, 6) is 0.378. The van der Waals surface area contributed by atoms with E-state index < -0.39 is 0 Å². The van der Waals surface area contributed by atoms with Gasteiger partial charge in [-0.2, -0.15) is 0 Å². The predicted molar refractivity (Wildman–Crippen MR) is 81.1 cm³/mol. The summed E-state index contributed by atoms with van der Waals surface area (Å²) in [6.07, 6.45) is 1.09. The Morgan fingerprint density at radius 3 is 2.47 bits per heavy atom. The Morgan fingerprint density at radius 2 is 1.89 bits per heavy atom. The number of nitrogens with one attached hydrogen (secondary N) is 1. The minimum atomic E-state index is -0.159. The first-order valence-electron chi connectivity index (χ1n) is 7.18. The Hall–Kier alpha value is -1.09. The molecule has 0 heterocycles. The third-order valence-corrected chi connectivity index (χ3v) is 3.68. The predicted octanol–water partition coefficient (Wildman–Crippen LogP) is 3.81. The quantitative estimate of drug-likeness (QED) is 0.755. The lowest BCUT2D eigenvalue weighted by Crippen LogP contribution is -2.33. The van der Waals surface area contributed by atoms with Crippen molar-refractivity contribution in [3.63, 3.8) is 0 Å². The first kappa shape index (κ1) is 16.0. The van der Waals surface area contributed by atoms with Crippen LogP contribution < -0.4 is 10.2 Å². The normalized spacial score (nSPS) is 12.8.